The Kier molecular flexibility index (Phi) is 7.58. The van der Waals surface area contributed by atoms with Crippen molar-refractivity contribution in [3.05, 3.63) is 211 Å². The molecule has 0 saturated carbocycles. The Morgan fingerprint density at radius 1 is 0.333 bits per heavy atom. The zero-order valence-electron chi connectivity index (χ0n) is 33.3. The Hall–Kier alpha value is -7.62. The number of fused-ring (bicyclic) bond motifs is 9. The molecule has 284 valence electrons. The number of rotatable bonds is 6. The molecule has 0 spiro atoms. The van der Waals surface area contributed by atoms with Crippen LogP contribution in [0.3, 0.4) is 0 Å². The quantitative estimate of drug-likeness (QED) is 0.169. The van der Waals surface area contributed by atoms with Crippen LogP contribution < -0.4 is 4.90 Å². The maximum Gasteiger partial charge on any atom is 0.143 e. The molecule has 1 aliphatic rings. The van der Waals surface area contributed by atoms with Crippen LogP contribution in [0.25, 0.3) is 88.4 Å². The minimum Gasteiger partial charge on any atom is -0.456 e. The molecule has 3 heteroatoms. The first kappa shape index (κ1) is 34.4. The molecule has 0 atom stereocenters. The second-order valence-corrected chi connectivity index (χ2v) is 16.5. The molecule has 0 aliphatic heterocycles. The molecule has 2 heterocycles. The van der Waals surface area contributed by atoms with E-state index in [1.165, 1.54) is 38.9 Å². The highest BCUT2D eigenvalue weighted by molar-refractivity contribution is 6.17. The number of furan rings is 2. The van der Waals surface area contributed by atoms with Crippen LogP contribution in [0.1, 0.15) is 25.0 Å². The van der Waals surface area contributed by atoms with Gasteiger partial charge in [0.05, 0.1) is 0 Å². The lowest BCUT2D eigenvalue weighted by Gasteiger charge is -2.28. The van der Waals surface area contributed by atoms with Crippen LogP contribution in [0.2, 0.25) is 0 Å². The Bertz CT molecular complexity index is 3450. The van der Waals surface area contributed by atoms with Crippen molar-refractivity contribution in [1.29, 1.82) is 0 Å². The van der Waals surface area contributed by atoms with Gasteiger partial charge in [-0.15, -0.1) is 0 Å². The van der Waals surface area contributed by atoms with Gasteiger partial charge in [-0.1, -0.05) is 159 Å². The Labute approximate surface area is 348 Å². The molecule has 0 N–H and O–H groups in total. The number of para-hydroxylation sites is 1. The first-order valence-electron chi connectivity index (χ1n) is 20.7. The van der Waals surface area contributed by atoms with Gasteiger partial charge in [0.1, 0.15) is 22.3 Å². The van der Waals surface area contributed by atoms with Gasteiger partial charge in [0, 0.05) is 49.6 Å². The lowest BCUT2D eigenvalue weighted by Crippen LogP contribution is -2.16. The topological polar surface area (TPSA) is 29.5 Å². The molecule has 9 aromatic carbocycles. The van der Waals surface area contributed by atoms with E-state index in [0.717, 1.165) is 77.6 Å². The van der Waals surface area contributed by atoms with E-state index in [2.05, 4.69) is 213 Å². The standard InChI is InChI=1S/C57H39NO2/c1-57(2)51-22-10-9-19-45(51)46-29-27-43(33-52(46)57)58(41-18-11-17-40(31-41)38-25-23-37(24-26-38)36-13-5-3-6-14-36)42-28-30-53-48(32-42)50-35-55-49(34-54(50)59-53)47-21-12-20-44(56(47)60-55)39-15-7-4-8-16-39/h3-35H,1-2H3. The van der Waals surface area contributed by atoms with E-state index in [1.807, 2.05) is 6.07 Å². The summed E-state index contributed by atoms with van der Waals surface area (Å²) in [5.74, 6) is 0. The molecule has 0 saturated heterocycles. The highest BCUT2D eigenvalue weighted by atomic mass is 16.3. The summed E-state index contributed by atoms with van der Waals surface area (Å²) in [5, 5.41) is 4.19. The normalized spacial score (nSPS) is 13.0. The molecule has 12 rings (SSSR count). The van der Waals surface area contributed by atoms with Gasteiger partial charge in [-0.25, -0.2) is 0 Å². The van der Waals surface area contributed by atoms with Gasteiger partial charge in [0.2, 0.25) is 0 Å². The highest BCUT2D eigenvalue weighted by Crippen LogP contribution is 2.51. The van der Waals surface area contributed by atoms with Crippen molar-refractivity contribution in [2.45, 2.75) is 19.3 Å². The van der Waals surface area contributed by atoms with Crippen molar-refractivity contribution >= 4 is 60.9 Å². The summed E-state index contributed by atoms with van der Waals surface area (Å²) in [4.78, 5) is 2.39. The minimum atomic E-state index is -0.140. The minimum absolute atomic E-state index is 0.140. The highest BCUT2D eigenvalue weighted by Gasteiger charge is 2.35. The lowest BCUT2D eigenvalue weighted by atomic mass is 9.82. The third-order valence-corrected chi connectivity index (χ3v) is 12.7. The summed E-state index contributed by atoms with van der Waals surface area (Å²) < 4.78 is 13.3. The predicted molar refractivity (Wildman–Crippen MR) is 250 cm³/mol. The van der Waals surface area contributed by atoms with Gasteiger partial charge in [0.25, 0.3) is 0 Å². The van der Waals surface area contributed by atoms with E-state index in [4.69, 9.17) is 8.83 Å². The van der Waals surface area contributed by atoms with E-state index < -0.39 is 0 Å². The molecule has 2 aromatic heterocycles. The Morgan fingerprint density at radius 2 is 0.883 bits per heavy atom. The summed E-state index contributed by atoms with van der Waals surface area (Å²) in [7, 11) is 0. The van der Waals surface area contributed by atoms with Crippen LogP contribution in [-0.2, 0) is 5.41 Å². The van der Waals surface area contributed by atoms with E-state index in [0.29, 0.717) is 0 Å². The summed E-state index contributed by atoms with van der Waals surface area (Å²) in [5.41, 5.74) is 18.8. The van der Waals surface area contributed by atoms with Crippen molar-refractivity contribution in [3.8, 4) is 44.5 Å². The van der Waals surface area contributed by atoms with Gasteiger partial charge < -0.3 is 13.7 Å². The lowest BCUT2D eigenvalue weighted by molar-refractivity contribution is 0.660. The second-order valence-electron chi connectivity index (χ2n) is 16.5. The molecule has 0 fully saturated rings. The van der Waals surface area contributed by atoms with Gasteiger partial charge in [-0.3, -0.25) is 0 Å². The molecular formula is C57H39NO2. The van der Waals surface area contributed by atoms with Crippen molar-refractivity contribution in [3.63, 3.8) is 0 Å². The second kappa shape index (κ2) is 13.2. The monoisotopic (exact) mass is 769 g/mol. The van der Waals surface area contributed by atoms with Gasteiger partial charge in [-0.05, 0) is 105 Å². The zero-order chi connectivity index (χ0) is 40.0. The van der Waals surface area contributed by atoms with Gasteiger partial charge >= 0.3 is 0 Å². The fourth-order valence-corrected chi connectivity index (χ4v) is 9.63. The summed E-state index contributed by atoms with van der Waals surface area (Å²) in [6.07, 6.45) is 0. The average molecular weight is 770 g/mol. The molecule has 3 nitrogen and oxygen atoms in total. The third-order valence-electron chi connectivity index (χ3n) is 12.7. The number of hydrogen-bond donors (Lipinski definition) is 0. The smallest absolute Gasteiger partial charge is 0.143 e. The maximum atomic E-state index is 6.71. The molecule has 0 radical (unpaired) electrons. The van der Waals surface area contributed by atoms with E-state index in [1.54, 1.807) is 0 Å². The number of nitrogens with zero attached hydrogens (tertiary/aromatic N) is 1. The molecular weight excluding hydrogens is 731 g/mol. The molecule has 60 heavy (non-hydrogen) atoms. The molecule has 1 aliphatic carbocycles. The van der Waals surface area contributed by atoms with Crippen molar-refractivity contribution < 1.29 is 8.83 Å². The SMILES string of the molecule is CC1(C)c2ccccc2-c2ccc(N(c3cccc(-c4ccc(-c5ccccc5)cc4)c3)c3ccc4oc5cc6c(cc5c4c3)oc3c(-c4ccccc4)cccc36)cc21. The van der Waals surface area contributed by atoms with Crippen LogP contribution in [0.15, 0.2) is 209 Å². The zero-order valence-corrected chi connectivity index (χ0v) is 33.3. The first-order chi connectivity index (χ1) is 29.5. The Morgan fingerprint density at radius 3 is 1.68 bits per heavy atom. The first-order valence-corrected chi connectivity index (χ1v) is 20.7. The average Bonchev–Trinajstić information content (AvgIpc) is 3.93. The van der Waals surface area contributed by atoms with Crippen molar-refractivity contribution in [2.75, 3.05) is 4.90 Å². The Balaban J connectivity index is 1.02. The van der Waals surface area contributed by atoms with E-state index >= 15 is 0 Å². The van der Waals surface area contributed by atoms with Crippen LogP contribution >= 0.6 is 0 Å². The fourth-order valence-electron chi connectivity index (χ4n) is 9.63. The van der Waals surface area contributed by atoms with Crippen LogP contribution in [-0.4, -0.2) is 0 Å². The summed E-state index contributed by atoms with van der Waals surface area (Å²) >= 11 is 0. The van der Waals surface area contributed by atoms with Crippen molar-refractivity contribution in [2.24, 2.45) is 0 Å². The molecule has 0 amide bonds. The largest absolute Gasteiger partial charge is 0.456 e. The van der Waals surface area contributed by atoms with E-state index in [-0.39, 0.29) is 5.41 Å². The maximum absolute atomic E-state index is 6.71. The van der Waals surface area contributed by atoms with Crippen LogP contribution in [0, 0.1) is 0 Å². The number of hydrogen-bond acceptors (Lipinski definition) is 3. The summed E-state index contributed by atoms with van der Waals surface area (Å²) in [6.45, 7) is 4.69. The number of benzene rings is 9. The van der Waals surface area contributed by atoms with Gasteiger partial charge in [0.15, 0.2) is 0 Å². The molecule has 0 unspecified atom stereocenters. The third kappa shape index (κ3) is 5.36. The number of anilines is 3. The van der Waals surface area contributed by atoms with E-state index in [9.17, 15) is 0 Å². The van der Waals surface area contributed by atoms with Gasteiger partial charge in [-0.2, -0.15) is 0 Å². The van der Waals surface area contributed by atoms with Crippen molar-refractivity contribution in [1.82, 2.24) is 0 Å². The van der Waals surface area contributed by atoms with Crippen LogP contribution in [0.5, 0.6) is 0 Å². The van der Waals surface area contributed by atoms with Crippen LogP contribution in [0.4, 0.5) is 17.1 Å². The summed E-state index contributed by atoms with van der Waals surface area (Å²) in [6, 6.07) is 71.9. The fraction of sp³-hybridized carbons (Fsp3) is 0.0526. The molecule has 11 aromatic rings. The predicted octanol–water partition coefficient (Wildman–Crippen LogP) is 16.3. The molecule has 0 bridgehead atoms.